The Balaban J connectivity index is 2.00. The Morgan fingerprint density at radius 1 is 1.36 bits per heavy atom. The molecule has 0 N–H and O–H groups in total. The van der Waals surface area contributed by atoms with Crippen molar-refractivity contribution in [3.05, 3.63) is 54.7 Å². The number of aromatic nitrogens is 2. The van der Waals surface area contributed by atoms with Gasteiger partial charge in [-0.15, -0.1) is 0 Å². The Bertz CT molecular complexity index is 380. The van der Waals surface area contributed by atoms with Crippen LogP contribution in [0.3, 0.4) is 0 Å². The van der Waals surface area contributed by atoms with E-state index >= 15 is 0 Å². The summed E-state index contributed by atoms with van der Waals surface area (Å²) in [4.78, 5) is 7.75. The molecule has 1 aliphatic rings. The highest BCUT2D eigenvalue weighted by molar-refractivity contribution is 5.28. The maximum absolute atomic E-state index is 5.35. The SMILES string of the molecule is C1=CC/C(=C\Oc2ccncn2)C=C1. The normalized spacial score (nSPS) is 17.3. The predicted molar refractivity (Wildman–Crippen MR) is 53.6 cm³/mol. The van der Waals surface area contributed by atoms with Crippen molar-refractivity contribution in [1.82, 2.24) is 9.97 Å². The third kappa shape index (κ3) is 2.29. The average Bonchev–Trinajstić information content (AvgIpc) is 2.29. The fraction of sp³-hybridized carbons (Fsp3) is 0.0909. The van der Waals surface area contributed by atoms with Crippen LogP contribution in [0.1, 0.15) is 6.42 Å². The van der Waals surface area contributed by atoms with Gasteiger partial charge in [0, 0.05) is 12.3 Å². The second-order valence-corrected chi connectivity index (χ2v) is 2.85. The molecule has 0 atom stereocenters. The molecule has 3 heteroatoms. The standard InChI is InChI=1S/C11H10N2O/c1-2-4-10(5-3-1)8-14-11-6-7-12-9-13-11/h1-4,6-9H,5H2/b10-8-. The highest BCUT2D eigenvalue weighted by atomic mass is 16.5. The molecule has 0 aromatic carbocycles. The number of hydrogen-bond acceptors (Lipinski definition) is 3. The van der Waals surface area contributed by atoms with Gasteiger partial charge in [0.15, 0.2) is 0 Å². The summed E-state index contributed by atoms with van der Waals surface area (Å²) < 4.78 is 5.35. The molecule has 1 aliphatic carbocycles. The Labute approximate surface area is 82.5 Å². The fourth-order valence-corrected chi connectivity index (χ4v) is 1.10. The van der Waals surface area contributed by atoms with Gasteiger partial charge < -0.3 is 4.74 Å². The Morgan fingerprint density at radius 2 is 2.36 bits per heavy atom. The van der Waals surface area contributed by atoms with E-state index in [9.17, 15) is 0 Å². The summed E-state index contributed by atoms with van der Waals surface area (Å²) >= 11 is 0. The first kappa shape index (κ1) is 8.69. The Kier molecular flexibility index (Phi) is 2.71. The van der Waals surface area contributed by atoms with Crippen LogP contribution in [0.15, 0.2) is 54.7 Å². The Morgan fingerprint density at radius 3 is 3.07 bits per heavy atom. The molecular formula is C11H10N2O. The summed E-state index contributed by atoms with van der Waals surface area (Å²) in [6, 6.07) is 1.72. The third-order valence-electron chi connectivity index (χ3n) is 1.80. The van der Waals surface area contributed by atoms with Crippen LogP contribution in [0, 0.1) is 0 Å². The fourth-order valence-electron chi connectivity index (χ4n) is 1.10. The molecule has 0 radical (unpaired) electrons. The van der Waals surface area contributed by atoms with Crippen LogP contribution in [-0.4, -0.2) is 9.97 Å². The van der Waals surface area contributed by atoms with Crippen molar-refractivity contribution >= 4 is 0 Å². The van der Waals surface area contributed by atoms with E-state index in [4.69, 9.17) is 4.74 Å². The van der Waals surface area contributed by atoms with Gasteiger partial charge in [-0.05, 0) is 12.0 Å². The second-order valence-electron chi connectivity index (χ2n) is 2.85. The van der Waals surface area contributed by atoms with Crippen LogP contribution in [0.2, 0.25) is 0 Å². The number of allylic oxidation sites excluding steroid dienone is 5. The molecule has 70 valence electrons. The van der Waals surface area contributed by atoms with E-state index in [2.05, 4.69) is 16.0 Å². The van der Waals surface area contributed by atoms with Gasteiger partial charge in [-0.3, -0.25) is 0 Å². The van der Waals surface area contributed by atoms with Crippen molar-refractivity contribution in [3.8, 4) is 5.88 Å². The summed E-state index contributed by atoms with van der Waals surface area (Å²) in [6.45, 7) is 0. The van der Waals surface area contributed by atoms with Crippen LogP contribution in [0.5, 0.6) is 5.88 Å². The predicted octanol–water partition coefficient (Wildman–Crippen LogP) is 2.26. The van der Waals surface area contributed by atoms with Gasteiger partial charge >= 0.3 is 0 Å². The molecule has 1 aromatic rings. The van der Waals surface area contributed by atoms with E-state index < -0.39 is 0 Å². The van der Waals surface area contributed by atoms with E-state index in [0.717, 1.165) is 12.0 Å². The molecule has 0 bridgehead atoms. The number of hydrogen-bond donors (Lipinski definition) is 0. The van der Waals surface area contributed by atoms with Gasteiger partial charge in [-0.1, -0.05) is 24.3 Å². The van der Waals surface area contributed by atoms with Crippen LogP contribution >= 0.6 is 0 Å². The number of nitrogens with zero attached hydrogens (tertiary/aromatic N) is 2. The van der Waals surface area contributed by atoms with Crippen molar-refractivity contribution in [1.29, 1.82) is 0 Å². The van der Waals surface area contributed by atoms with E-state index in [1.807, 2.05) is 18.2 Å². The zero-order valence-corrected chi connectivity index (χ0v) is 7.63. The lowest BCUT2D eigenvalue weighted by atomic mass is 10.1. The minimum atomic E-state index is 0.565. The first-order valence-electron chi connectivity index (χ1n) is 4.40. The van der Waals surface area contributed by atoms with E-state index in [1.54, 1.807) is 18.5 Å². The van der Waals surface area contributed by atoms with Crippen molar-refractivity contribution in [2.45, 2.75) is 6.42 Å². The smallest absolute Gasteiger partial charge is 0.221 e. The first-order chi connectivity index (χ1) is 6.95. The summed E-state index contributed by atoms with van der Waals surface area (Å²) in [5, 5.41) is 0. The molecule has 0 saturated carbocycles. The topological polar surface area (TPSA) is 35.0 Å². The molecule has 1 aromatic heterocycles. The molecule has 0 spiro atoms. The molecule has 14 heavy (non-hydrogen) atoms. The van der Waals surface area contributed by atoms with Gasteiger partial charge in [-0.2, -0.15) is 0 Å². The summed E-state index contributed by atoms with van der Waals surface area (Å²) in [6.07, 6.45) is 13.8. The molecule has 0 amide bonds. The van der Waals surface area contributed by atoms with Gasteiger partial charge in [0.05, 0.1) is 6.26 Å². The summed E-state index contributed by atoms with van der Waals surface area (Å²) in [5.74, 6) is 0.565. The van der Waals surface area contributed by atoms with E-state index in [1.165, 1.54) is 6.33 Å². The van der Waals surface area contributed by atoms with Gasteiger partial charge in [0.2, 0.25) is 5.88 Å². The Hall–Kier alpha value is -1.90. The van der Waals surface area contributed by atoms with Crippen molar-refractivity contribution in [2.24, 2.45) is 0 Å². The van der Waals surface area contributed by atoms with Crippen molar-refractivity contribution in [3.63, 3.8) is 0 Å². The van der Waals surface area contributed by atoms with Crippen LogP contribution in [-0.2, 0) is 0 Å². The van der Waals surface area contributed by atoms with Crippen molar-refractivity contribution < 1.29 is 4.74 Å². The largest absolute Gasteiger partial charge is 0.446 e. The van der Waals surface area contributed by atoms with E-state index in [-0.39, 0.29) is 0 Å². The molecule has 1 heterocycles. The molecule has 0 unspecified atom stereocenters. The van der Waals surface area contributed by atoms with Crippen LogP contribution in [0.4, 0.5) is 0 Å². The quantitative estimate of drug-likeness (QED) is 0.664. The van der Waals surface area contributed by atoms with Crippen LogP contribution in [0.25, 0.3) is 0 Å². The van der Waals surface area contributed by atoms with Crippen LogP contribution < -0.4 is 4.74 Å². The van der Waals surface area contributed by atoms with Gasteiger partial charge in [-0.25, -0.2) is 9.97 Å². The van der Waals surface area contributed by atoms with Crippen molar-refractivity contribution in [2.75, 3.05) is 0 Å². The monoisotopic (exact) mass is 186 g/mol. The molecule has 3 nitrogen and oxygen atoms in total. The maximum atomic E-state index is 5.35. The zero-order valence-electron chi connectivity index (χ0n) is 7.63. The average molecular weight is 186 g/mol. The lowest BCUT2D eigenvalue weighted by Gasteiger charge is -2.02. The lowest BCUT2D eigenvalue weighted by Crippen LogP contribution is -1.90. The highest BCUT2D eigenvalue weighted by Crippen LogP contribution is 2.11. The second kappa shape index (κ2) is 4.37. The molecule has 0 saturated heterocycles. The lowest BCUT2D eigenvalue weighted by molar-refractivity contribution is 0.455. The van der Waals surface area contributed by atoms with Gasteiger partial charge in [0.25, 0.3) is 0 Å². The third-order valence-corrected chi connectivity index (χ3v) is 1.80. The van der Waals surface area contributed by atoms with Gasteiger partial charge in [0.1, 0.15) is 6.33 Å². The molecule has 0 fully saturated rings. The zero-order chi connectivity index (χ0) is 9.64. The number of rotatable bonds is 2. The highest BCUT2D eigenvalue weighted by Gasteiger charge is 1.95. The first-order valence-corrected chi connectivity index (χ1v) is 4.40. The minimum absolute atomic E-state index is 0.565. The molecular weight excluding hydrogens is 176 g/mol. The van der Waals surface area contributed by atoms with E-state index in [0.29, 0.717) is 5.88 Å². The number of ether oxygens (including phenoxy) is 1. The molecule has 2 rings (SSSR count). The minimum Gasteiger partial charge on any atom is -0.446 e. The maximum Gasteiger partial charge on any atom is 0.221 e. The summed E-state index contributed by atoms with van der Waals surface area (Å²) in [5.41, 5.74) is 1.13. The summed E-state index contributed by atoms with van der Waals surface area (Å²) in [7, 11) is 0. The molecule has 0 aliphatic heterocycles.